The predicted octanol–water partition coefficient (Wildman–Crippen LogP) is 1.14. The van der Waals surface area contributed by atoms with E-state index in [9.17, 15) is 9.59 Å². The minimum atomic E-state index is -0.790. The second kappa shape index (κ2) is 5.69. The Balaban J connectivity index is 2.23. The van der Waals surface area contributed by atoms with Crippen LogP contribution in [0.4, 0.5) is 0 Å². The van der Waals surface area contributed by atoms with Crippen LogP contribution < -0.4 is 10.6 Å². The molecule has 1 fully saturated rings. The van der Waals surface area contributed by atoms with Crippen molar-refractivity contribution in [2.45, 2.75) is 52.0 Å². The Kier molecular flexibility index (Phi) is 4.73. The smallest absolute Gasteiger partial charge is 0.311 e. The molecule has 18 heavy (non-hydrogen) atoms. The van der Waals surface area contributed by atoms with E-state index in [0.717, 1.165) is 6.42 Å². The first-order valence-corrected chi connectivity index (χ1v) is 6.50. The lowest BCUT2D eigenvalue weighted by Gasteiger charge is -2.37. The molecule has 0 atom stereocenters. The highest BCUT2D eigenvalue weighted by molar-refractivity contribution is 5.79. The van der Waals surface area contributed by atoms with Gasteiger partial charge in [-0.05, 0) is 33.6 Å². The highest BCUT2D eigenvalue weighted by Crippen LogP contribution is 2.40. The number of hydrogen-bond acceptors (Lipinski definition) is 3. The van der Waals surface area contributed by atoms with Crippen molar-refractivity contribution in [2.75, 3.05) is 13.1 Å². The maximum Gasteiger partial charge on any atom is 0.311 e. The van der Waals surface area contributed by atoms with E-state index in [2.05, 4.69) is 10.6 Å². The maximum absolute atomic E-state index is 11.6. The van der Waals surface area contributed by atoms with Gasteiger partial charge in [-0.1, -0.05) is 6.42 Å². The third-order valence-electron chi connectivity index (χ3n) is 3.40. The molecular formula is C13H24N2O3. The molecule has 0 radical (unpaired) electrons. The van der Waals surface area contributed by atoms with Gasteiger partial charge in [-0.25, -0.2) is 0 Å². The minimum Gasteiger partial charge on any atom is -0.481 e. The van der Waals surface area contributed by atoms with Gasteiger partial charge in [0, 0.05) is 25.0 Å². The van der Waals surface area contributed by atoms with E-state index < -0.39 is 11.4 Å². The molecule has 0 heterocycles. The summed E-state index contributed by atoms with van der Waals surface area (Å²) in [4.78, 5) is 22.7. The Morgan fingerprint density at radius 2 is 1.89 bits per heavy atom. The molecule has 0 aromatic carbocycles. The normalized spacial score (nSPS) is 17.9. The number of carboxylic acid groups (broad SMARTS) is 1. The molecule has 3 N–H and O–H groups in total. The maximum atomic E-state index is 11.6. The zero-order valence-corrected chi connectivity index (χ0v) is 11.5. The Hall–Kier alpha value is -1.10. The Bertz CT molecular complexity index is 317. The molecule has 5 heteroatoms. The van der Waals surface area contributed by atoms with Gasteiger partial charge < -0.3 is 15.7 Å². The number of carbonyl (C=O) groups is 2. The lowest BCUT2D eigenvalue weighted by molar-refractivity contribution is -0.154. The molecule has 0 spiro atoms. The molecular weight excluding hydrogens is 232 g/mol. The van der Waals surface area contributed by atoms with Crippen LogP contribution in [0.5, 0.6) is 0 Å². The van der Waals surface area contributed by atoms with Crippen LogP contribution in [0.15, 0.2) is 0 Å². The summed E-state index contributed by atoms with van der Waals surface area (Å²) in [6.07, 6.45) is 2.66. The van der Waals surface area contributed by atoms with Gasteiger partial charge >= 0.3 is 5.97 Å². The zero-order valence-electron chi connectivity index (χ0n) is 11.5. The summed E-state index contributed by atoms with van der Waals surface area (Å²) in [7, 11) is 0. The Labute approximate surface area is 108 Å². The zero-order chi connectivity index (χ0) is 13.8. The number of nitrogens with one attached hydrogen (secondary N) is 2. The topological polar surface area (TPSA) is 78.4 Å². The van der Waals surface area contributed by atoms with Crippen molar-refractivity contribution < 1.29 is 14.7 Å². The summed E-state index contributed by atoms with van der Waals surface area (Å²) < 4.78 is 0. The molecule has 104 valence electrons. The Morgan fingerprint density at radius 3 is 2.28 bits per heavy atom. The third kappa shape index (κ3) is 4.29. The summed E-state index contributed by atoms with van der Waals surface area (Å²) in [5, 5.41) is 15.1. The standard InChI is InChI=1S/C13H24N2O3/c1-12(2,3)15-8-5-10(16)14-9-13(11(17)18)6-4-7-13/h15H,4-9H2,1-3H3,(H,14,16)(H,17,18). The second-order valence-electron chi connectivity index (χ2n) is 6.14. The summed E-state index contributed by atoms with van der Waals surface area (Å²) >= 11 is 0. The molecule has 0 aromatic heterocycles. The number of carbonyl (C=O) groups excluding carboxylic acids is 1. The molecule has 0 saturated heterocycles. The number of amides is 1. The van der Waals surface area contributed by atoms with E-state index in [4.69, 9.17) is 5.11 Å². The predicted molar refractivity (Wildman–Crippen MR) is 69.3 cm³/mol. The average Bonchev–Trinajstić information content (AvgIpc) is 2.13. The van der Waals surface area contributed by atoms with Crippen LogP contribution in [-0.4, -0.2) is 35.6 Å². The van der Waals surface area contributed by atoms with Gasteiger partial charge in [0.25, 0.3) is 0 Å². The van der Waals surface area contributed by atoms with Crippen molar-refractivity contribution in [1.82, 2.24) is 10.6 Å². The lowest BCUT2D eigenvalue weighted by Crippen LogP contribution is -2.48. The van der Waals surface area contributed by atoms with Crippen LogP contribution in [0, 0.1) is 5.41 Å². The molecule has 1 aliphatic carbocycles. The van der Waals surface area contributed by atoms with Crippen LogP contribution in [-0.2, 0) is 9.59 Å². The monoisotopic (exact) mass is 256 g/mol. The number of rotatable bonds is 6. The highest BCUT2D eigenvalue weighted by atomic mass is 16.4. The SMILES string of the molecule is CC(C)(C)NCCC(=O)NCC1(C(=O)O)CCC1. The van der Waals surface area contributed by atoms with Gasteiger partial charge in [0.05, 0.1) is 5.41 Å². The fraction of sp³-hybridized carbons (Fsp3) is 0.846. The molecule has 0 unspecified atom stereocenters. The van der Waals surface area contributed by atoms with Crippen molar-refractivity contribution >= 4 is 11.9 Å². The lowest BCUT2D eigenvalue weighted by atomic mass is 9.69. The van der Waals surface area contributed by atoms with Crippen molar-refractivity contribution in [1.29, 1.82) is 0 Å². The minimum absolute atomic E-state index is 0.00343. The van der Waals surface area contributed by atoms with Gasteiger partial charge in [-0.2, -0.15) is 0 Å². The van der Waals surface area contributed by atoms with E-state index in [1.54, 1.807) is 0 Å². The molecule has 5 nitrogen and oxygen atoms in total. The molecule has 0 aliphatic heterocycles. The van der Waals surface area contributed by atoms with E-state index in [0.29, 0.717) is 25.8 Å². The molecule has 0 aromatic rings. The van der Waals surface area contributed by atoms with Gasteiger partial charge in [0.1, 0.15) is 0 Å². The quantitative estimate of drug-likeness (QED) is 0.666. The van der Waals surface area contributed by atoms with Gasteiger partial charge in [-0.15, -0.1) is 0 Å². The van der Waals surface area contributed by atoms with Crippen molar-refractivity contribution in [3.63, 3.8) is 0 Å². The third-order valence-corrected chi connectivity index (χ3v) is 3.40. The number of hydrogen-bond donors (Lipinski definition) is 3. The summed E-state index contributed by atoms with van der Waals surface area (Å²) in [6.45, 7) is 6.99. The molecule has 1 rings (SSSR count). The number of carboxylic acids is 1. The molecule has 1 saturated carbocycles. The van der Waals surface area contributed by atoms with E-state index in [1.807, 2.05) is 20.8 Å². The van der Waals surface area contributed by atoms with E-state index in [1.165, 1.54) is 0 Å². The van der Waals surface area contributed by atoms with Crippen molar-refractivity contribution in [3.8, 4) is 0 Å². The first kappa shape index (κ1) is 15.0. The van der Waals surface area contributed by atoms with Crippen molar-refractivity contribution in [3.05, 3.63) is 0 Å². The highest BCUT2D eigenvalue weighted by Gasteiger charge is 2.44. The van der Waals surface area contributed by atoms with E-state index in [-0.39, 0.29) is 18.0 Å². The Morgan fingerprint density at radius 1 is 1.28 bits per heavy atom. The van der Waals surface area contributed by atoms with Gasteiger partial charge in [-0.3, -0.25) is 9.59 Å². The van der Waals surface area contributed by atoms with E-state index >= 15 is 0 Å². The first-order valence-electron chi connectivity index (χ1n) is 6.50. The fourth-order valence-corrected chi connectivity index (χ4v) is 1.98. The summed E-state index contributed by atoms with van der Waals surface area (Å²) in [5.41, 5.74) is -0.705. The fourth-order valence-electron chi connectivity index (χ4n) is 1.98. The summed E-state index contributed by atoms with van der Waals surface area (Å²) in [5.74, 6) is -0.874. The van der Waals surface area contributed by atoms with Crippen LogP contribution >= 0.6 is 0 Å². The first-order chi connectivity index (χ1) is 8.25. The van der Waals surface area contributed by atoms with Gasteiger partial charge in [0.15, 0.2) is 0 Å². The van der Waals surface area contributed by atoms with Crippen LogP contribution in [0.2, 0.25) is 0 Å². The van der Waals surface area contributed by atoms with Crippen molar-refractivity contribution in [2.24, 2.45) is 5.41 Å². The number of aliphatic carboxylic acids is 1. The second-order valence-corrected chi connectivity index (χ2v) is 6.14. The summed E-state index contributed by atoms with van der Waals surface area (Å²) in [6, 6.07) is 0. The van der Waals surface area contributed by atoms with Crippen LogP contribution in [0.25, 0.3) is 0 Å². The van der Waals surface area contributed by atoms with Crippen LogP contribution in [0.3, 0.4) is 0 Å². The molecule has 0 bridgehead atoms. The molecule has 1 amide bonds. The largest absolute Gasteiger partial charge is 0.481 e. The average molecular weight is 256 g/mol. The molecule has 1 aliphatic rings. The van der Waals surface area contributed by atoms with Crippen LogP contribution in [0.1, 0.15) is 46.5 Å². The van der Waals surface area contributed by atoms with Gasteiger partial charge in [0.2, 0.25) is 5.91 Å².